The molecule has 0 unspecified atom stereocenters. The Morgan fingerprint density at radius 3 is 2.23 bits per heavy atom. The number of furan rings is 1. The second-order valence-corrected chi connectivity index (χ2v) is 11.7. The Labute approximate surface area is 270 Å². The number of amides is 1. The van der Waals surface area contributed by atoms with Crippen LogP contribution in [-0.2, 0) is 11.8 Å². The van der Waals surface area contributed by atoms with Gasteiger partial charge >= 0.3 is 0 Å². The maximum Gasteiger partial charge on any atom is 0.261 e. The summed E-state index contributed by atoms with van der Waals surface area (Å²) in [6, 6.07) is 14.2. The molecule has 0 bridgehead atoms. The minimum Gasteiger partial charge on any atom is -1.00 e. The number of nitrogens with one attached hydrogen (secondary N) is 2. The molecule has 2 aromatic heterocycles. The third kappa shape index (κ3) is 7.34. The van der Waals surface area contributed by atoms with E-state index < -0.39 is 0 Å². The largest absolute Gasteiger partial charge is 1.00 e. The number of rotatable bonds is 10. The van der Waals surface area contributed by atoms with E-state index in [0.29, 0.717) is 12.3 Å². The number of hydrogen-bond acceptors (Lipinski definition) is 8. The number of hydrogen-bond donors (Lipinski definition) is 2. The summed E-state index contributed by atoms with van der Waals surface area (Å²) in [5, 5.41) is 8.82. The molecule has 0 radical (unpaired) electrons. The van der Waals surface area contributed by atoms with Crippen molar-refractivity contribution in [1.29, 1.82) is 0 Å². The molecule has 6 rings (SSSR count). The number of halogens is 1. The van der Waals surface area contributed by atoms with Crippen molar-refractivity contribution in [2.75, 3.05) is 105 Å². The predicted octanol–water partition coefficient (Wildman–Crippen LogP) is -1.03. The molecule has 0 saturated carbocycles. The number of piperazine rings is 2. The molecular formula is C32H44IN7O3. The first-order chi connectivity index (χ1) is 20.5. The molecule has 2 saturated heterocycles. The van der Waals surface area contributed by atoms with Gasteiger partial charge in [0.25, 0.3) is 11.4 Å². The fraction of sp³-hybridized carbons (Fsp3) is 0.500. The summed E-state index contributed by atoms with van der Waals surface area (Å²) in [5.41, 5.74) is 4.78. The molecule has 4 aromatic rings. The molecule has 1 amide bonds. The van der Waals surface area contributed by atoms with Crippen molar-refractivity contribution in [2.24, 2.45) is 7.05 Å². The van der Waals surface area contributed by atoms with E-state index in [1.165, 1.54) is 0 Å². The minimum absolute atomic E-state index is 0. The van der Waals surface area contributed by atoms with Crippen molar-refractivity contribution in [3.8, 4) is 5.75 Å². The molecule has 0 aliphatic carbocycles. The van der Waals surface area contributed by atoms with E-state index in [-0.39, 0.29) is 36.5 Å². The van der Waals surface area contributed by atoms with Gasteiger partial charge in [-0.1, -0.05) is 12.1 Å². The standard InChI is InChI=1S/C32H43N7O3.HI/c1-35-14-18-38(19-15-35)12-10-33-29(40)23-41-24-8-9-28-26(22-24)31-32(42-28)30(25-6-4-5-7-27(25)37(31)3)34-11-13-39-20-16-36(2)17-21-39;/h4-9,22H,10-21,23H2,1-3H3,(H,33,40);1H. The molecule has 0 spiro atoms. The number of para-hydroxylation sites is 1. The molecule has 232 valence electrons. The number of anilines is 1. The SMILES string of the molecule is CN1CCN(CCNC(=O)COc2ccc3oc4c(NCCN5CCN(C)CC5)c5ccccc5[n+](C)c4c3c2)CC1.[I-]. The molecule has 4 heterocycles. The van der Waals surface area contributed by atoms with E-state index in [1.807, 2.05) is 18.2 Å². The maximum absolute atomic E-state index is 12.5. The Bertz CT molecular complexity index is 1540. The lowest BCUT2D eigenvalue weighted by Crippen LogP contribution is -3.00. The maximum atomic E-state index is 12.5. The van der Waals surface area contributed by atoms with Crippen LogP contribution in [0.25, 0.3) is 33.0 Å². The molecule has 2 N–H and O–H groups in total. The zero-order valence-electron chi connectivity index (χ0n) is 25.6. The summed E-state index contributed by atoms with van der Waals surface area (Å²) in [6.07, 6.45) is 0. The van der Waals surface area contributed by atoms with Gasteiger partial charge in [-0.2, -0.15) is 4.57 Å². The van der Waals surface area contributed by atoms with E-state index in [4.69, 9.17) is 9.15 Å². The quantitative estimate of drug-likeness (QED) is 0.161. The van der Waals surface area contributed by atoms with Gasteiger partial charge in [0, 0.05) is 84.6 Å². The predicted molar refractivity (Wildman–Crippen MR) is 167 cm³/mol. The Kier molecular flexibility index (Phi) is 10.6. The summed E-state index contributed by atoms with van der Waals surface area (Å²) >= 11 is 0. The van der Waals surface area contributed by atoms with Crippen LogP contribution in [0.2, 0.25) is 0 Å². The zero-order chi connectivity index (χ0) is 29.1. The lowest BCUT2D eigenvalue weighted by molar-refractivity contribution is -0.616. The van der Waals surface area contributed by atoms with E-state index in [2.05, 4.69) is 80.2 Å². The van der Waals surface area contributed by atoms with Crippen LogP contribution in [0.15, 0.2) is 46.9 Å². The Hall–Kier alpha value is -2.71. The first-order valence-electron chi connectivity index (χ1n) is 15.2. The zero-order valence-corrected chi connectivity index (χ0v) is 27.7. The summed E-state index contributed by atoms with van der Waals surface area (Å²) in [7, 11) is 6.41. The molecule has 11 heteroatoms. The first kappa shape index (κ1) is 31.7. The lowest BCUT2D eigenvalue weighted by Gasteiger charge is -2.32. The molecule has 43 heavy (non-hydrogen) atoms. The van der Waals surface area contributed by atoms with Gasteiger partial charge in [0.1, 0.15) is 18.4 Å². The summed E-state index contributed by atoms with van der Waals surface area (Å²) in [6.45, 7) is 12.0. The third-order valence-electron chi connectivity index (χ3n) is 8.77. The Morgan fingerprint density at radius 2 is 1.53 bits per heavy atom. The van der Waals surface area contributed by atoms with Gasteiger partial charge in [-0.3, -0.25) is 14.6 Å². The number of ether oxygens (including phenoxy) is 1. The van der Waals surface area contributed by atoms with Crippen molar-refractivity contribution in [3.63, 3.8) is 0 Å². The van der Waals surface area contributed by atoms with Gasteiger partial charge in [0.15, 0.2) is 6.61 Å². The summed E-state index contributed by atoms with van der Waals surface area (Å²) < 4.78 is 14.6. The van der Waals surface area contributed by atoms with E-state index in [1.54, 1.807) is 0 Å². The van der Waals surface area contributed by atoms with Crippen LogP contribution >= 0.6 is 0 Å². The first-order valence-corrected chi connectivity index (χ1v) is 15.2. The number of likely N-dealkylation sites (N-methyl/N-ethyl adjacent to an activating group) is 2. The third-order valence-corrected chi connectivity index (χ3v) is 8.77. The Morgan fingerprint density at radius 1 is 0.884 bits per heavy atom. The fourth-order valence-electron chi connectivity index (χ4n) is 6.09. The van der Waals surface area contributed by atoms with Gasteiger partial charge in [-0.15, -0.1) is 0 Å². The van der Waals surface area contributed by atoms with Gasteiger partial charge < -0.3 is 53.6 Å². The number of carbonyl (C=O) groups is 1. The van der Waals surface area contributed by atoms with Crippen LogP contribution in [0.1, 0.15) is 0 Å². The number of pyridine rings is 1. The highest BCUT2D eigenvalue weighted by atomic mass is 127. The second kappa shape index (κ2) is 14.4. The normalized spacial score (nSPS) is 17.4. The molecule has 2 aromatic carbocycles. The number of aromatic nitrogens is 1. The van der Waals surface area contributed by atoms with Crippen molar-refractivity contribution in [3.05, 3.63) is 42.5 Å². The molecular weight excluding hydrogens is 657 g/mol. The summed E-state index contributed by atoms with van der Waals surface area (Å²) in [4.78, 5) is 22.1. The van der Waals surface area contributed by atoms with Crippen LogP contribution in [0, 0.1) is 0 Å². The average Bonchev–Trinajstić information content (AvgIpc) is 3.39. The molecule has 10 nitrogen and oxygen atoms in total. The molecule has 0 atom stereocenters. The number of benzene rings is 2. The van der Waals surface area contributed by atoms with Gasteiger partial charge in [0.05, 0.1) is 16.5 Å². The van der Waals surface area contributed by atoms with Crippen LogP contribution < -0.4 is 43.9 Å². The van der Waals surface area contributed by atoms with Crippen molar-refractivity contribution in [2.45, 2.75) is 0 Å². The number of aryl methyl sites for hydroxylation is 1. The number of nitrogens with zero attached hydrogens (tertiary/aromatic N) is 5. The monoisotopic (exact) mass is 701 g/mol. The van der Waals surface area contributed by atoms with Crippen molar-refractivity contribution < 1.29 is 42.5 Å². The van der Waals surface area contributed by atoms with Crippen molar-refractivity contribution in [1.82, 2.24) is 24.9 Å². The smallest absolute Gasteiger partial charge is 0.261 e. The number of fused-ring (bicyclic) bond motifs is 4. The Balaban J connectivity index is 0.00000368. The number of carbonyl (C=O) groups excluding carboxylic acids is 1. The molecule has 2 aliphatic rings. The van der Waals surface area contributed by atoms with Crippen LogP contribution in [-0.4, -0.2) is 125 Å². The lowest BCUT2D eigenvalue weighted by atomic mass is 10.1. The van der Waals surface area contributed by atoms with E-state index >= 15 is 0 Å². The van der Waals surface area contributed by atoms with Gasteiger partial charge in [-0.05, 0) is 38.4 Å². The van der Waals surface area contributed by atoms with Gasteiger partial charge in [-0.25, -0.2) is 0 Å². The van der Waals surface area contributed by atoms with Crippen molar-refractivity contribution >= 4 is 44.6 Å². The van der Waals surface area contributed by atoms with E-state index in [0.717, 1.165) is 111 Å². The van der Waals surface area contributed by atoms with Crippen LogP contribution in [0.5, 0.6) is 5.75 Å². The van der Waals surface area contributed by atoms with Crippen LogP contribution in [0.3, 0.4) is 0 Å². The minimum atomic E-state index is -0.107. The highest BCUT2D eigenvalue weighted by molar-refractivity contribution is 6.11. The molecule has 2 fully saturated rings. The topological polar surface area (TPSA) is 80.3 Å². The average molecular weight is 702 g/mol. The summed E-state index contributed by atoms with van der Waals surface area (Å²) in [5.74, 6) is 0.543. The molecule has 2 aliphatic heterocycles. The fourth-order valence-corrected chi connectivity index (χ4v) is 6.09. The second-order valence-electron chi connectivity index (χ2n) is 11.7. The van der Waals surface area contributed by atoms with Crippen LogP contribution in [0.4, 0.5) is 5.69 Å². The highest BCUT2D eigenvalue weighted by Crippen LogP contribution is 2.37. The van der Waals surface area contributed by atoms with E-state index in [9.17, 15) is 4.79 Å². The van der Waals surface area contributed by atoms with Gasteiger partial charge in [0.2, 0.25) is 11.1 Å². The highest BCUT2D eigenvalue weighted by Gasteiger charge is 2.25.